The Balaban J connectivity index is 1.88. The van der Waals surface area contributed by atoms with Crippen LogP contribution in [0.25, 0.3) is 11.1 Å². The minimum Gasteiger partial charge on any atom is -0.478 e. The van der Waals surface area contributed by atoms with Crippen LogP contribution in [0.1, 0.15) is 31.8 Å². The van der Waals surface area contributed by atoms with Crippen LogP contribution < -0.4 is 0 Å². The first kappa shape index (κ1) is 23.8. The lowest BCUT2D eigenvalue weighted by Gasteiger charge is -2.19. The van der Waals surface area contributed by atoms with Gasteiger partial charge in [-0.25, -0.2) is 19.6 Å². The van der Waals surface area contributed by atoms with Crippen molar-refractivity contribution in [1.82, 2.24) is 0 Å². The van der Waals surface area contributed by atoms with E-state index in [1.165, 1.54) is 24.3 Å². The normalized spacial score (nSPS) is 12.4. The second-order valence-corrected chi connectivity index (χ2v) is 9.84. The number of hydrogen-bond acceptors (Lipinski definition) is 4. The van der Waals surface area contributed by atoms with Gasteiger partial charge in [0, 0.05) is 31.2 Å². The Morgan fingerprint density at radius 1 is 0.556 bits per heavy atom. The highest BCUT2D eigenvalue weighted by Gasteiger charge is 2.22. The molecule has 0 amide bonds. The van der Waals surface area contributed by atoms with E-state index in [9.17, 15) is 19.8 Å². The maximum absolute atomic E-state index is 11.8. The quantitative estimate of drug-likeness (QED) is 0.252. The summed E-state index contributed by atoms with van der Waals surface area (Å²) in [5.41, 5.74) is 4.98. The highest BCUT2D eigenvalue weighted by Crippen LogP contribution is 2.40. The average Bonchev–Trinajstić information content (AvgIpc) is 2.86. The Kier molecular flexibility index (Phi) is 6.38. The van der Waals surface area contributed by atoms with Crippen LogP contribution in [0.5, 0.6) is 0 Å². The van der Waals surface area contributed by atoms with Gasteiger partial charge in [-0.2, -0.15) is 0 Å². The number of rotatable bonds is 4. The first-order chi connectivity index (χ1) is 17.3. The van der Waals surface area contributed by atoms with Crippen LogP contribution >= 0.6 is 31.9 Å². The molecule has 0 saturated carbocycles. The molecule has 0 saturated heterocycles. The minimum absolute atomic E-state index is 0.0964. The Bertz CT molecular complexity index is 1470. The zero-order valence-electron chi connectivity index (χ0n) is 18.4. The number of carbonyl (C=O) groups is 2. The summed E-state index contributed by atoms with van der Waals surface area (Å²) >= 11 is 6.93. The summed E-state index contributed by atoms with van der Waals surface area (Å²) in [5, 5.41) is 19.3. The van der Waals surface area contributed by atoms with Crippen molar-refractivity contribution in [2.45, 2.75) is 0 Å². The van der Waals surface area contributed by atoms with E-state index in [2.05, 4.69) is 31.9 Å². The van der Waals surface area contributed by atoms with Gasteiger partial charge in [0.1, 0.15) is 0 Å². The minimum atomic E-state index is -1.07. The fraction of sp³-hybridized carbons (Fsp3) is 0. The molecule has 2 N–H and O–H groups in total. The van der Waals surface area contributed by atoms with E-state index in [0.29, 0.717) is 33.9 Å². The molecule has 176 valence electrons. The van der Waals surface area contributed by atoms with Crippen molar-refractivity contribution in [2.24, 2.45) is 9.98 Å². The van der Waals surface area contributed by atoms with Crippen molar-refractivity contribution < 1.29 is 19.8 Å². The third-order valence-corrected chi connectivity index (χ3v) is 6.76. The lowest BCUT2D eigenvalue weighted by Crippen LogP contribution is -2.18. The van der Waals surface area contributed by atoms with Crippen molar-refractivity contribution in [3.63, 3.8) is 0 Å². The van der Waals surface area contributed by atoms with Gasteiger partial charge >= 0.3 is 11.9 Å². The number of hydrogen-bond donors (Lipinski definition) is 2. The highest BCUT2D eigenvalue weighted by atomic mass is 79.9. The first-order valence-corrected chi connectivity index (χ1v) is 12.3. The topological polar surface area (TPSA) is 99.3 Å². The maximum Gasteiger partial charge on any atom is 0.335 e. The van der Waals surface area contributed by atoms with Gasteiger partial charge in [0.25, 0.3) is 0 Å². The van der Waals surface area contributed by atoms with E-state index in [4.69, 9.17) is 9.98 Å². The largest absolute Gasteiger partial charge is 0.478 e. The molecule has 36 heavy (non-hydrogen) atoms. The summed E-state index contributed by atoms with van der Waals surface area (Å²) in [7, 11) is 0. The molecule has 4 aromatic carbocycles. The molecule has 0 unspecified atom stereocenters. The van der Waals surface area contributed by atoms with Gasteiger partial charge in [-0.3, -0.25) is 0 Å². The molecular formula is C28H16Br2N2O4. The molecule has 0 fully saturated rings. The predicted octanol–water partition coefficient (Wildman–Crippen LogP) is 7.53. The van der Waals surface area contributed by atoms with E-state index < -0.39 is 11.9 Å². The van der Waals surface area contributed by atoms with Gasteiger partial charge in [0.2, 0.25) is 0 Å². The Labute approximate surface area is 222 Å². The van der Waals surface area contributed by atoms with Gasteiger partial charge in [-0.15, -0.1) is 0 Å². The summed E-state index contributed by atoms with van der Waals surface area (Å²) in [5.74, 6) is -2.13. The predicted molar refractivity (Wildman–Crippen MR) is 146 cm³/mol. The highest BCUT2D eigenvalue weighted by molar-refractivity contribution is 9.10. The molecule has 0 aliphatic carbocycles. The summed E-state index contributed by atoms with van der Waals surface area (Å²) in [6.45, 7) is 0. The SMILES string of the molecule is O=C(O)c1ccc2c(c1)N=C(c1ccc(Br)cc1)C(c1ccc(Br)cc1)=Nc1cc(C(=O)O)ccc1-2. The van der Waals surface area contributed by atoms with Crippen LogP contribution in [0.2, 0.25) is 0 Å². The third kappa shape index (κ3) is 4.65. The molecule has 0 bridgehead atoms. The molecule has 0 spiro atoms. The molecular weight excluding hydrogens is 588 g/mol. The molecule has 4 aromatic rings. The Hall–Kier alpha value is -3.88. The number of nitrogens with zero attached hydrogens (tertiary/aromatic N) is 2. The van der Waals surface area contributed by atoms with E-state index in [0.717, 1.165) is 20.1 Å². The summed E-state index contributed by atoms with van der Waals surface area (Å²) in [6, 6.07) is 24.6. The van der Waals surface area contributed by atoms with E-state index in [1.807, 2.05) is 48.5 Å². The molecule has 0 aromatic heterocycles. The molecule has 1 aliphatic rings. The van der Waals surface area contributed by atoms with Crippen LogP contribution in [0.4, 0.5) is 11.4 Å². The van der Waals surface area contributed by atoms with Crippen molar-refractivity contribution in [3.8, 4) is 11.1 Å². The van der Waals surface area contributed by atoms with Crippen molar-refractivity contribution in [2.75, 3.05) is 0 Å². The number of halogens is 2. The van der Waals surface area contributed by atoms with Gasteiger partial charge in [0.15, 0.2) is 0 Å². The molecule has 6 nitrogen and oxygen atoms in total. The molecule has 1 aliphatic heterocycles. The summed E-state index contributed by atoms with van der Waals surface area (Å²) in [6.07, 6.45) is 0. The van der Waals surface area contributed by atoms with Crippen LogP contribution in [-0.4, -0.2) is 33.6 Å². The van der Waals surface area contributed by atoms with Gasteiger partial charge in [-0.05, 0) is 48.5 Å². The number of carboxylic acids is 2. The molecule has 8 heteroatoms. The van der Waals surface area contributed by atoms with Crippen molar-refractivity contribution >= 4 is 66.6 Å². The monoisotopic (exact) mass is 602 g/mol. The Morgan fingerprint density at radius 3 is 1.25 bits per heavy atom. The van der Waals surface area contributed by atoms with Crippen molar-refractivity contribution in [1.29, 1.82) is 0 Å². The standard InChI is InChI=1S/C28H16Br2N2O4/c29-19-7-1-15(2-8-19)25-26(16-3-9-20(30)10-4-16)32-24-14-18(28(35)36)6-12-22(24)21-11-5-17(27(33)34)13-23(21)31-25/h1-14H,(H,33,34)(H,35,36). The van der Waals surface area contributed by atoms with Gasteiger partial charge in [0.05, 0.1) is 33.9 Å². The van der Waals surface area contributed by atoms with Crippen molar-refractivity contribution in [3.05, 3.63) is 116 Å². The number of fused-ring (bicyclic) bond motifs is 3. The van der Waals surface area contributed by atoms with Gasteiger partial charge in [-0.1, -0.05) is 68.3 Å². The smallest absolute Gasteiger partial charge is 0.335 e. The van der Waals surface area contributed by atoms with Crippen LogP contribution in [0.3, 0.4) is 0 Å². The van der Waals surface area contributed by atoms with E-state index >= 15 is 0 Å². The van der Waals surface area contributed by atoms with Gasteiger partial charge < -0.3 is 10.2 Å². The van der Waals surface area contributed by atoms with Crippen LogP contribution in [-0.2, 0) is 0 Å². The summed E-state index contributed by atoms with van der Waals surface area (Å²) < 4.78 is 1.79. The lowest BCUT2D eigenvalue weighted by molar-refractivity contribution is 0.0686. The third-order valence-electron chi connectivity index (χ3n) is 5.70. The summed E-state index contributed by atoms with van der Waals surface area (Å²) in [4.78, 5) is 33.4. The Morgan fingerprint density at radius 2 is 0.917 bits per heavy atom. The lowest BCUT2D eigenvalue weighted by atomic mass is 9.94. The first-order valence-electron chi connectivity index (χ1n) is 10.7. The van der Waals surface area contributed by atoms with E-state index in [-0.39, 0.29) is 11.1 Å². The van der Waals surface area contributed by atoms with E-state index in [1.54, 1.807) is 12.1 Å². The van der Waals surface area contributed by atoms with Crippen LogP contribution in [0, 0.1) is 0 Å². The number of benzene rings is 4. The average molecular weight is 604 g/mol. The zero-order valence-corrected chi connectivity index (χ0v) is 21.6. The number of aromatic carboxylic acids is 2. The number of aliphatic imine (C=N–C) groups is 2. The molecule has 0 atom stereocenters. The fourth-order valence-corrected chi connectivity index (χ4v) is 4.46. The maximum atomic E-state index is 11.8. The number of carboxylic acid groups (broad SMARTS) is 2. The second-order valence-electron chi connectivity index (χ2n) is 8.01. The molecule has 5 rings (SSSR count). The van der Waals surface area contributed by atoms with Crippen LogP contribution in [0.15, 0.2) is 104 Å². The second kappa shape index (κ2) is 9.64. The molecule has 1 heterocycles. The fourth-order valence-electron chi connectivity index (χ4n) is 3.93. The zero-order chi connectivity index (χ0) is 25.4. The molecule has 0 radical (unpaired) electrons.